The average molecular weight is 402 g/mol. The Labute approximate surface area is 160 Å². The second-order valence-electron chi connectivity index (χ2n) is 5.87. The Kier molecular flexibility index (Phi) is 4.41. The van der Waals surface area contributed by atoms with Crippen LogP contribution in [0.1, 0.15) is 16.1 Å². The van der Waals surface area contributed by atoms with Crippen molar-refractivity contribution in [3.05, 3.63) is 72.5 Å². The first-order valence-electron chi connectivity index (χ1n) is 8.11. The maximum absolute atomic E-state index is 13.4. The van der Waals surface area contributed by atoms with E-state index in [1.165, 1.54) is 41.6 Å². The third-order valence-corrected chi connectivity index (χ3v) is 3.96. The second kappa shape index (κ2) is 6.93. The van der Waals surface area contributed by atoms with Crippen molar-refractivity contribution in [1.82, 2.24) is 24.3 Å². The van der Waals surface area contributed by atoms with E-state index in [9.17, 15) is 22.4 Å². The lowest BCUT2D eigenvalue weighted by molar-refractivity contribution is -0.137. The van der Waals surface area contributed by atoms with Gasteiger partial charge in [0.2, 0.25) is 0 Å². The molecule has 4 aromatic rings. The van der Waals surface area contributed by atoms with Gasteiger partial charge in [-0.2, -0.15) is 13.2 Å². The first-order valence-corrected chi connectivity index (χ1v) is 8.11. The molecule has 0 atom stereocenters. The molecule has 1 aromatic carbocycles. The molecular weight excluding hydrogens is 392 g/mol. The number of fused-ring (bicyclic) bond motifs is 1. The summed E-state index contributed by atoms with van der Waals surface area (Å²) < 4.78 is 54.7. The van der Waals surface area contributed by atoms with Crippen LogP contribution in [0.2, 0.25) is 0 Å². The van der Waals surface area contributed by atoms with Gasteiger partial charge in [-0.25, -0.2) is 19.3 Å². The number of carbonyl (C=O) groups is 1. The molecule has 0 aliphatic carbocycles. The number of amides is 1. The molecule has 0 spiro atoms. The van der Waals surface area contributed by atoms with Gasteiger partial charge in [0.15, 0.2) is 17.2 Å². The molecule has 0 aliphatic heterocycles. The summed E-state index contributed by atoms with van der Waals surface area (Å²) in [4.78, 5) is 28.4. The van der Waals surface area contributed by atoms with Gasteiger partial charge >= 0.3 is 6.18 Å². The summed E-state index contributed by atoms with van der Waals surface area (Å²) in [5, 5.41) is 2.48. The van der Waals surface area contributed by atoms with Crippen molar-refractivity contribution in [2.45, 2.75) is 6.18 Å². The van der Waals surface area contributed by atoms with Gasteiger partial charge in [0.25, 0.3) is 5.91 Å². The van der Waals surface area contributed by atoms with Gasteiger partial charge in [0.1, 0.15) is 5.82 Å². The highest BCUT2D eigenvalue weighted by atomic mass is 19.4. The Hall–Kier alpha value is -3.89. The number of aromatic nitrogens is 5. The van der Waals surface area contributed by atoms with Gasteiger partial charge in [-0.15, -0.1) is 0 Å². The van der Waals surface area contributed by atoms with Crippen LogP contribution < -0.4 is 5.32 Å². The smallest absolute Gasteiger partial charge is 0.304 e. The van der Waals surface area contributed by atoms with Gasteiger partial charge in [0, 0.05) is 36.5 Å². The minimum Gasteiger partial charge on any atom is -0.304 e. The van der Waals surface area contributed by atoms with E-state index in [0.717, 1.165) is 12.1 Å². The van der Waals surface area contributed by atoms with E-state index in [2.05, 4.69) is 25.3 Å². The fourth-order valence-electron chi connectivity index (χ4n) is 2.72. The van der Waals surface area contributed by atoms with Gasteiger partial charge in [-0.05, 0) is 18.2 Å². The first kappa shape index (κ1) is 18.5. The van der Waals surface area contributed by atoms with Gasteiger partial charge in [-0.3, -0.25) is 9.78 Å². The summed E-state index contributed by atoms with van der Waals surface area (Å²) in [6.45, 7) is 0. The average Bonchev–Trinajstić information content (AvgIpc) is 3.12. The fourth-order valence-corrected chi connectivity index (χ4v) is 2.72. The number of halogens is 4. The van der Waals surface area contributed by atoms with Gasteiger partial charge in [-0.1, -0.05) is 0 Å². The molecule has 4 rings (SSSR count). The Morgan fingerprint density at radius 1 is 1.10 bits per heavy atom. The van der Waals surface area contributed by atoms with Crippen LogP contribution >= 0.6 is 0 Å². The summed E-state index contributed by atoms with van der Waals surface area (Å²) >= 11 is 0. The van der Waals surface area contributed by atoms with E-state index in [1.54, 1.807) is 0 Å². The van der Waals surface area contributed by atoms with Crippen molar-refractivity contribution in [3.8, 4) is 11.3 Å². The topological polar surface area (TPSA) is 85.1 Å². The van der Waals surface area contributed by atoms with Crippen molar-refractivity contribution in [1.29, 1.82) is 0 Å². The van der Waals surface area contributed by atoms with Crippen molar-refractivity contribution >= 4 is 17.4 Å². The Morgan fingerprint density at radius 2 is 1.93 bits per heavy atom. The maximum atomic E-state index is 13.4. The third-order valence-electron chi connectivity index (χ3n) is 3.96. The molecule has 0 aliphatic rings. The van der Waals surface area contributed by atoms with E-state index < -0.39 is 23.5 Å². The lowest BCUT2D eigenvalue weighted by Gasteiger charge is -2.11. The highest BCUT2D eigenvalue weighted by Crippen LogP contribution is 2.37. The molecule has 0 unspecified atom stereocenters. The van der Waals surface area contributed by atoms with Gasteiger partial charge < -0.3 is 9.72 Å². The predicted molar refractivity (Wildman–Crippen MR) is 93.4 cm³/mol. The number of carbonyl (C=O) groups excluding carboxylic acids is 1. The summed E-state index contributed by atoms with van der Waals surface area (Å²) in [7, 11) is 0. The van der Waals surface area contributed by atoms with Crippen molar-refractivity contribution in [3.63, 3.8) is 0 Å². The van der Waals surface area contributed by atoms with E-state index in [0.29, 0.717) is 6.07 Å². The molecule has 1 N–H and O–H groups in total. The molecule has 11 heteroatoms. The van der Waals surface area contributed by atoms with Crippen LogP contribution in [0.15, 0.2) is 55.4 Å². The Morgan fingerprint density at radius 3 is 2.66 bits per heavy atom. The predicted octanol–water partition coefficient (Wildman–Crippen LogP) is 3.60. The highest BCUT2D eigenvalue weighted by molar-refractivity contribution is 6.06. The normalized spacial score (nSPS) is 11.6. The van der Waals surface area contributed by atoms with E-state index in [-0.39, 0.29) is 28.4 Å². The number of hydrogen-bond acceptors (Lipinski definition) is 5. The van der Waals surface area contributed by atoms with Crippen molar-refractivity contribution in [2.24, 2.45) is 0 Å². The number of rotatable bonds is 3. The van der Waals surface area contributed by atoms with Crippen LogP contribution in [0.4, 0.5) is 23.4 Å². The molecule has 146 valence electrons. The van der Waals surface area contributed by atoms with Crippen LogP contribution in [-0.2, 0) is 6.18 Å². The lowest BCUT2D eigenvalue weighted by Crippen LogP contribution is -2.16. The maximum Gasteiger partial charge on any atom is 0.417 e. The summed E-state index contributed by atoms with van der Waals surface area (Å²) in [5.74, 6) is -1.51. The molecule has 0 saturated heterocycles. The number of hydrogen-bond donors (Lipinski definition) is 1. The van der Waals surface area contributed by atoms with Crippen molar-refractivity contribution < 1.29 is 22.4 Å². The number of imidazole rings is 1. The molecule has 7 nitrogen and oxygen atoms in total. The van der Waals surface area contributed by atoms with Crippen molar-refractivity contribution in [2.75, 3.05) is 5.32 Å². The number of alkyl halides is 3. The monoisotopic (exact) mass is 402 g/mol. The highest BCUT2D eigenvalue weighted by Gasteiger charge is 2.35. The molecule has 3 aromatic heterocycles. The summed E-state index contributed by atoms with van der Waals surface area (Å²) in [5.41, 5.74) is -1.66. The Bertz CT molecular complexity index is 1210. The molecule has 0 radical (unpaired) electrons. The molecular formula is C18H10F4N6O. The lowest BCUT2D eigenvalue weighted by atomic mass is 10.0. The van der Waals surface area contributed by atoms with Crippen LogP contribution in [0.25, 0.3) is 16.9 Å². The minimum atomic E-state index is -4.78. The van der Waals surface area contributed by atoms with E-state index >= 15 is 0 Å². The van der Waals surface area contributed by atoms with Crippen LogP contribution in [0.3, 0.4) is 0 Å². The Balaban J connectivity index is 1.79. The van der Waals surface area contributed by atoms with E-state index in [1.807, 2.05) is 0 Å². The summed E-state index contributed by atoms with van der Waals surface area (Å²) in [6.07, 6.45) is 3.39. The zero-order chi connectivity index (χ0) is 20.6. The SMILES string of the molecule is O=C(Nc1cnccn1)c1nccn2cc(-c3ccc(F)cc3C(F)(F)F)nc12. The zero-order valence-corrected chi connectivity index (χ0v) is 14.4. The number of benzene rings is 1. The van der Waals surface area contributed by atoms with Crippen LogP contribution in [0, 0.1) is 5.82 Å². The largest absolute Gasteiger partial charge is 0.417 e. The molecule has 0 saturated carbocycles. The first-order chi connectivity index (χ1) is 13.8. The number of anilines is 1. The second-order valence-corrected chi connectivity index (χ2v) is 5.87. The van der Waals surface area contributed by atoms with E-state index in [4.69, 9.17) is 0 Å². The molecule has 0 bridgehead atoms. The number of nitrogens with zero attached hydrogens (tertiary/aromatic N) is 5. The molecule has 1 amide bonds. The quantitative estimate of drug-likeness (QED) is 0.530. The van der Waals surface area contributed by atoms with Crippen LogP contribution in [-0.4, -0.2) is 30.2 Å². The standard InChI is InChI=1S/C18H10F4N6O/c19-10-1-2-11(12(7-10)18(20,21)22)13-9-28-6-5-25-15(16(28)26-13)17(29)27-14-8-23-3-4-24-14/h1-9H,(H,24,27,29). The zero-order valence-electron chi connectivity index (χ0n) is 14.4. The summed E-state index contributed by atoms with van der Waals surface area (Å²) in [6, 6.07) is 2.31. The van der Waals surface area contributed by atoms with Crippen LogP contribution in [0.5, 0.6) is 0 Å². The molecule has 3 heterocycles. The fraction of sp³-hybridized carbons (Fsp3) is 0.0556. The molecule has 0 fully saturated rings. The molecule has 29 heavy (non-hydrogen) atoms. The minimum absolute atomic E-state index is 0.0290. The number of nitrogens with one attached hydrogen (secondary N) is 1. The third kappa shape index (κ3) is 3.61. The van der Waals surface area contributed by atoms with Gasteiger partial charge in [0.05, 0.1) is 17.5 Å².